The van der Waals surface area contributed by atoms with E-state index in [1.54, 1.807) is 0 Å². The third-order valence-corrected chi connectivity index (χ3v) is 4.03. The van der Waals surface area contributed by atoms with E-state index < -0.39 is 6.10 Å². The first-order valence-corrected chi connectivity index (χ1v) is 8.22. The topological polar surface area (TPSA) is 38.3 Å². The van der Waals surface area contributed by atoms with Gasteiger partial charge in [0.2, 0.25) is 6.33 Å². The lowest BCUT2D eigenvalue weighted by atomic mass is 10.2. The van der Waals surface area contributed by atoms with Crippen molar-refractivity contribution in [2.75, 3.05) is 6.61 Å². The van der Waals surface area contributed by atoms with Crippen LogP contribution in [0.2, 0.25) is 5.02 Å². The molecule has 5 heteroatoms. The number of halogens is 1. The van der Waals surface area contributed by atoms with Gasteiger partial charge in [0, 0.05) is 10.6 Å². The Hall–Kier alpha value is -2.30. The maximum atomic E-state index is 10.1. The number of nitrogens with zero attached hydrogens (tertiary/aromatic N) is 2. The molecule has 124 valence electrons. The average Bonchev–Trinajstić information content (AvgIpc) is 3.03. The number of ether oxygens (including phenoxy) is 1. The van der Waals surface area contributed by atoms with Crippen LogP contribution in [0.5, 0.6) is 5.75 Å². The van der Waals surface area contributed by atoms with E-state index in [1.165, 1.54) is 0 Å². The largest absolute Gasteiger partial charge is 0.491 e. The van der Waals surface area contributed by atoms with Crippen LogP contribution >= 0.6 is 11.6 Å². The molecule has 0 aliphatic heterocycles. The zero-order valence-corrected chi connectivity index (χ0v) is 14.0. The normalized spacial score (nSPS) is 12.1. The fourth-order valence-corrected chi connectivity index (χ4v) is 2.66. The minimum absolute atomic E-state index is 0.257. The van der Waals surface area contributed by atoms with Crippen LogP contribution in [0.25, 0.3) is 0 Å². The highest BCUT2D eigenvalue weighted by molar-refractivity contribution is 6.31. The standard InChI is InChI=1S/C19H20ClN2O2/c20-19-9-5-4-6-16(19)12-21-10-11-22(15-21)13-17(23)14-24-18-7-2-1-3-8-18/h1-11,15,17,23H,12-14H2/q+1. The summed E-state index contributed by atoms with van der Waals surface area (Å²) in [5.41, 5.74) is 1.06. The van der Waals surface area contributed by atoms with Gasteiger partial charge in [-0.3, -0.25) is 0 Å². The van der Waals surface area contributed by atoms with Crippen molar-refractivity contribution in [3.8, 4) is 5.75 Å². The first-order valence-electron chi connectivity index (χ1n) is 7.85. The SMILES string of the molecule is OC(COc1ccccc1)Cn1cc[n+](Cc2ccccc2Cl)c1. The molecular weight excluding hydrogens is 324 g/mol. The molecule has 0 saturated carbocycles. The predicted octanol–water partition coefficient (Wildman–Crippen LogP) is 2.92. The predicted molar refractivity (Wildman–Crippen MR) is 93.1 cm³/mol. The van der Waals surface area contributed by atoms with E-state index in [0.717, 1.165) is 16.3 Å². The number of aliphatic hydroxyl groups is 1. The zero-order chi connectivity index (χ0) is 16.8. The summed E-state index contributed by atoms with van der Waals surface area (Å²) < 4.78 is 9.54. The van der Waals surface area contributed by atoms with Gasteiger partial charge in [-0.1, -0.05) is 48.0 Å². The lowest BCUT2D eigenvalue weighted by Crippen LogP contribution is -2.32. The summed E-state index contributed by atoms with van der Waals surface area (Å²) in [6, 6.07) is 17.3. The summed E-state index contributed by atoms with van der Waals surface area (Å²) in [4.78, 5) is 0. The van der Waals surface area contributed by atoms with Gasteiger partial charge in [-0.2, -0.15) is 0 Å². The Morgan fingerprint density at radius 1 is 1.08 bits per heavy atom. The second kappa shape index (κ2) is 7.99. The Kier molecular flexibility index (Phi) is 5.51. The Morgan fingerprint density at radius 3 is 2.62 bits per heavy atom. The number of benzene rings is 2. The van der Waals surface area contributed by atoms with Gasteiger partial charge in [-0.25, -0.2) is 9.13 Å². The molecule has 0 spiro atoms. The molecule has 2 aromatic carbocycles. The van der Waals surface area contributed by atoms with Crippen molar-refractivity contribution in [2.45, 2.75) is 19.2 Å². The number of hydrogen-bond donors (Lipinski definition) is 1. The van der Waals surface area contributed by atoms with Gasteiger partial charge in [0.05, 0.1) is 0 Å². The van der Waals surface area contributed by atoms with E-state index in [0.29, 0.717) is 13.1 Å². The first kappa shape index (κ1) is 16.6. The number of aliphatic hydroxyl groups excluding tert-OH is 1. The number of rotatable bonds is 7. The highest BCUT2D eigenvalue weighted by atomic mass is 35.5. The molecule has 0 amide bonds. The van der Waals surface area contributed by atoms with Crippen LogP contribution in [0.1, 0.15) is 5.56 Å². The van der Waals surface area contributed by atoms with Crippen molar-refractivity contribution in [3.63, 3.8) is 0 Å². The fraction of sp³-hybridized carbons (Fsp3) is 0.211. The summed E-state index contributed by atoms with van der Waals surface area (Å²) >= 11 is 6.19. The Morgan fingerprint density at radius 2 is 1.83 bits per heavy atom. The number of imidazole rings is 1. The fourth-order valence-electron chi connectivity index (χ4n) is 2.47. The van der Waals surface area contributed by atoms with Gasteiger partial charge in [-0.05, 0) is 18.2 Å². The van der Waals surface area contributed by atoms with Crippen LogP contribution in [0, 0.1) is 0 Å². The van der Waals surface area contributed by atoms with Crippen LogP contribution < -0.4 is 9.30 Å². The molecule has 1 N–H and O–H groups in total. The Labute approximate surface area is 146 Å². The zero-order valence-electron chi connectivity index (χ0n) is 13.3. The molecule has 0 fully saturated rings. The second-order valence-electron chi connectivity index (χ2n) is 5.65. The minimum atomic E-state index is -0.577. The molecule has 1 atom stereocenters. The summed E-state index contributed by atoms with van der Waals surface area (Å²) in [6.07, 6.45) is 5.28. The molecule has 0 saturated heterocycles. The van der Waals surface area contributed by atoms with Gasteiger partial charge in [0.15, 0.2) is 0 Å². The summed E-state index contributed by atoms with van der Waals surface area (Å²) in [5, 5.41) is 10.9. The van der Waals surface area contributed by atoms with E-state index in [4.69, 9.17) is 16.3 Å². The number of hydrogen-bond acceptors (Lipinski definition) is 2. The molecule has 3 rings (SSSR count). The van der Waals surface area contributed by atoms with Crippen molar-refractivity contribution in [1.29, 1.82) is 0 Å². The van der Waals surface area contributed by atoms with Crippen molar-refractivity contribution in [2.24, 2.45) is 0 Å². The highest BCUT2D eigenvalue weighted by Crippen LogP contribution is 2.14. The molecule has 24 heavy (non-hydrogen) atoms. The Bertz CT molecular complexity index is 774. The van der Waals surface area contributed by atoms with E-state index >= 15 is 0 Å². The van der Waals surface area contributed by atoms with Crippen LogP contribution in [-0.4, -0.2) is 22.4 Å². The van der Waals surface area contributed by atoms with Gasteiger partial charge < -0.3 is 9.84 Å². The molecule has 1 unspecified atom stereocenters. The van der Waals surface area contributed by atoms with E-state index in [1.807, 2.05) is 82.5 Å². The molecule has 1 heterocycles. The number of aromatic nitrogens is 2. The van der Waals surface area contributed by atoms with Gasteiger partial charge >= 0.3 is 0 Å². The van der Waals surface area contributed by atoms with Crippen molar-refractivity contribution in [1.82, 2.24) is 4.57 Å². The molecule has 0 aliphatic rings. The molecule has 0 radical (unpaired) electrons. The van der Waals surface area contributed by atoms with Gasteiger partial charge in [-0.15, -0.1) is 0 Å². The van der Waals surface area contributed by atoms with Gasteiger partial charge in [0.25, 0.3) is 0 Å². The Balaban J connectivity index is 1.53. The van der Waals surface area contributed by atoms with E-state index in [2.05, 4.69) is 0 Å². The number of para-hydroxylation sites is 1. The van der Waals surface area contributed by atoms with Crippen LogP contribution in [0.4, 0.5) is 0 Å². The maximum absolute atomic E-state index is 10.1. The third kappa shape index (κ3) is 4.60. The smallest absolute Gasteiger partial charge is 0.244 e. The monoisotopic (exact) mass is 343 g/mol. The van der Waals surface area contributed by atoms with Crippen LogP contribution in [0.15, 0.2) is 73.3 Å². The second-order valence-corrected chi connectivity index (χ2v) is 6.06. The van der Waals surface area contributed by atoms with Crippen LogP contribution in [-0.2, 0) is 13.1 Å². The molecular formula is C19H20ClN2O2+. The first-order chi connectivity index (χ1) is 11.7. The van der Waals surface area contributed by atoms with Crippen LogP contribution in [0.3, 0.4) is 0 Å². The lowest BCUT2D eigenvalue weighted by molar-refractivity contribution is -0.687. The minimum Gasteiger partial charge on any atom is -0.491 e. The molecule has 4 nitrogen and oxygen atoms in total. The van der Waals surface area contributed by atoms with E-state index in [9.17, 15) is 5.11 Å². The summed E-state index contributed by atoms with van der Waals surface area (Å²) in [6.45, 7) is 1.43. The quantitative estimate of drug-likeness (QED) is 0.670. The highest BCUT2D eigenvalue weighted by Gasteiger charge is 2.12. The van der Waals surface area contributed by atoms with Crippen molar-refractivity contribution in [3.05, 3.63) is 83.9 Å². The van der Waals surface area contributed by atoms with E-state index in [-0.39, 0.29) is 6.61 Å². The van der Waals surface area contributed by atoms with Crippen molar-refractivity contribution < 1.29 is 14.4 Å². The maximum Gasteiger partial charge on any atom is 0.244 e. The average molecular weight is 344 g/mol. The molecule has 3 aromatic rings. The lowest BCUT2D eigenvalue weighted by Gasteiger charge is -2.10. The molecule has 0 aliphatic carbocycles. The summed E-state index contributed by atoms with van der Waals surface area (Å²) in [5.74, 6) is 0.762. The van der Waals surface area contributed by atoms with Gasteiger partial charge in [0.1, 0.15) is 43.9 Å². The molecule has 1 aromatic heterocycles. The summed E-state index contributed by atoms with van der Waals surface area (Å²) in [7, 11) is 0. The van der Waals surface area contributed by atoms with Crippen molar-refractivity contribution >= 4 is 11.6 Å². The third-order valence-electron chi connectivity index (χ3n) is 3.66. The molecule has 0 bridgehead atoms.